The van der Waals surface area contributed by atoms with Crippen LogP contribution >= 0.6 is 15.9 Å². The van der Waals surface area contributed by atoms with Crippen molar-refractivity contribution >= 4 is 21.8 Å². The third-order valence-corrected chi connectivity index (χ3v) is 3.39. The maximum atomic E-state index is 11.6. The third-order valence-electron chi connectivity index (χ3n) is 1.94. The van der Waals surface area contributed by atoms with E-state index >= 15 is 0 Å². The van der Waals surface area contributed by atoms with Crippen LogP contribution in [0, 0.1) is 5.92 Å². The first-order valence-electron chi connectivity index (χ1n) is 4.28. The Bertz CT molecular complexity index is 141. The molecule has 2 nitrogen and oxygen atoms in total. The van der Waals surface area contributed by atoms with Crippen LogP contribution in [-0.2, 0) is 4.79 Å². The average Bonchev–Trinajstić information content (AvgIpc) is 2.00. The first-order valence-corrected chi connectivity index (χ1v) is 5.20. The molecule has 0 rings (SSSR count). The maximum absolute atomic E-state index is 11.6. The SMILES string of the molecule is CC(C)C(Br)C(=O)N(C)C(C)C. The van der Waals surface area contributed by atoms with E-state index in [0.29, 0.717) is 5.92 Å². The minimum atomic E-state index is -0.0510. The summed E-state index contributed by atoms with van der Waals surface area (Å²) in [5, 5.41) is 0. The lowest BCUT2D eigenvalue weighted by molar-refractivity contribution is -0.131. The Labute approximate surface area is 83.4 Å². The summed E-state index contributed by atoms with van der Waals surface area (Å²) in [6.45, 7) is 8.09. The molecule has 3 heteroatoms. The van der Waals surface area contributed by atoms with Crippen molar-refractivity contribution in [1.82, 2.24) is 4.90 Å². The lowest BCUT2D eigenvalue weighted by Crippen LogP contribution is -2.39. The van der Waals surface area contributed by atoms with Crippen molar-refractivity contribution in [3.63, 3.8) is 0 Å². The van der Waals surface area contributed by atoms with Crippen LogP contribution in [0.2, 0.25) is 0 Å². The molecule has 0 aromatic rings. The van der Waals surface area contributed by atoms with Crippen LogP contribution in [-0.4, -0.2) is 28.7 Å². The van der Waals surface area contributed by atoms with Crippen molar-refractivity contribution in [2.45, 2.75) is 38.6 Å². The van der Waals surface area contributed by atoms with E-state index < -0.39 is 0 Å². The van der Waals surface area contributed by atoms with E-state index in [1.807, 2.05) is 34.7 Å². The number of carbonyl (C=O) groups is 1. The molecular weight excluding hydrogens is 218 g/mol. The smallest absolute Gasteiger partial charge is 0.236 e. The molecule has 0 spiro atoms. The Morgan fingerprint density at radius 2 is 1.67 bits per heavy atom. The van der Waals surface area contributed by atoms with Gasteiger partial charge in [0.2, 0.25) is 5.91 Å². The van der Waals surface area contributed by atoms with Crippen molar-refractivity contribution in [3.05, 3.63) is 0 Å². The molecule has 1 unspecified atom stereocenters. The summed E-state index contributed by atoms with van der Waals surface area (Å²) in [6, 6.07) is 0.274. The van der Waals surface area contributed by atoms with Gasteiger partial charge in [-0.25, -0.2) is 0 Å². The Balaban J connectivity index is 4.19. The van der Waals surface area contributed by atoms with E-state index in [0.717, 1.165) is 0 Å². The van der Waals surface area contributed by atoms with Crippen LogP contribution in [0.5, 0.6) is 0 Å². The Morgan fingerprint density at radius 3 is 1.92 bits per heavy atom. The summed E-state index contributed by atoms with van der Waals surface area (Å²) in [4.78, 5) is 13.3. The highest BCUT2D eigenvalue weighted by atomic mass is 79.9. The summed E-state index contributed by atoms with van der Waals surface area (Å²) in [5.41, 5.74) is 0. The van der Waals surface area contributed by atoms with Gasteiger partial charge in [-0.3, -0.25) is 4.79 Å². The zero-order valence-electron chi connectivity index (χ0n) is 8.47. The summed E-state index contributed by atoms with van der Waals surface area (Å²) in [5.74, 6) is 0.513. The van der Waals surface area contributed by atoms with Gasteiger partial charge in [0.15, 0.2) is 0 Å². The largest absolute Gasteiger partial charge is 0.342 e. The van der Waals surface area contributed by atoms with Crippen LogP contribution in [0.3, 0.4) is 0 Å². The van der Waals surface area contributed by atoms with Gasteiger partial charge in [-0.1, -0.05) is 29.8 Å². The molecule has 0 N–H and O–H groups in total. The van der Waals surface area contributed by atoms with E-state index in [1.54, 1.807) is 4.90 Å². The van der Waals surface area contributed by atoms with Crippen LogP contribution in [0.1, 0.15) is 27.7 Å². The van der Waals surface area contributed by atoms with Gasteiger partial charge in [0.05, 0.1) is 4.83 Å². The highest BCUT2D eigenvalue weighted by Gasteiger charge is 2.23. The van der Waals surface area contributed by atoms with Crippen LogP contribution in [0.4, 0.5) is 0 Å². The molecule has 1 amide bonds. The molecule has 0 radical (unpaired) electrons. The van der Waals surface area contributed by atoms with Crippen molar-refractivity contribution in [3.8, 4) is 0 Å². The highest BCUT2D eigenvalue weighted by Crippen LogP contribution is 2.15. The predicted octanol–water partition coefficient (Wildman–Crippen LogP) is 2.27. The van der Waals surface area contributed by atoms with Gasteiger partial charge >= 0.3 is 0 Å². The fourth-order valence-electron chi connectivity index (χ4n) is 0.734. The summed E-state index contributed by atoms with van der Waals surface area (Å²) >= 11 is 3.39. The number of amides is 1. The molecule has 72 valence electrons. The number of alkyl halides is 1. The van der Waals surface area contributed by atoms with Gasteiger partial charge in [-0.2, -0.15) is 0 Å². The number of carbonyl (C=O) groups excluding carboxylic acids is 1. The zero-order chi connectivity index (χ0) is 9.89. The van der Waals surface area contributed by atoms with Crippen LogP contribution < -0.4 is 0 Å². The molecule has 0 bridgehead atoms. The Morgan fingerprint density at radius 1 is 1.25 bits per heavy atom. The van der Waals surface area contributed by atoms with E-state index in [2.05, 4.69) is 15.9 Å². The van der Waals surface area contributed by atoms with Gasteiger partial charge in [0.1, 0.15) is 0 Å². The normalized spacial score (nSPS) is 13.7. The van der Waals surface area contributed by atoms with Gasteiger partial charge in [-0.15, -0.1) is 0 Å². The fraction of sp³-hybridized carbons (Fsp3) is 0.889. The minimum absolute atomic E-state index is 0.0510. The molecule has 12 heavy (non-hydrogen) atoms. The monoisotopic (exact) mass is 235 g/mol. The standard InChI is InChI=1S/C9H18BrNO/c1-6(2)8(10)9(12)11(5)7(3)4/h6-8H,1-5H3. The average molecular weight is 236 g/mol. The second-order valence-electron chi connectivity index (χ2n) is 3.69. The Kier molecular flexibility index (Phi) is 4.83. The number of halogens is 1. The van der Waals surface area contributed by atoms with Crippen molar-refractivity contribution in [1.29, 1.82) is 0 Å². The Hall–Kier alpha value is -0.0500. The van der Waals surface area contributed by atoms with Crippen LogP contribution in [0.25, 0.3) is 0 Å². The maximum Gasteiger partial charge on any atom is 0.236 e. The van der Waals surface area contributed by atoms with E-state index in [4.69, 9.17) is 0 Å². The van der Waals surface area contributed by atoms with Crippen molar-refractivity contribution in [2.75, 3.05) is 7.05 Å². The molecule has 0 aliphatic rings. The van der Waals surface area contributed by atoms with E-state index in [1.165, 1.54) is 0 Å². The highest BCUT2D eigenvalue weighted by molar-refractivity contribution is 9.10. The van der Waals surface area contributed by atoms with Crippen molar-refractivity contribution in [2.24, 2.45) is 5.92 Å². The van der Waals surface area contributed by atoms with Gasteiger partial charge < -0.3 is 4.90 Å². The molecule has 0 aliphatic heterocycles. The molecule has 0 aromatic carbocycles. The minimum Gasteiger partial charge on any atom is -0.342 e. The number of hydrogen-bond acceptors (Lipinski definition) is 1. The second kappa shape index (κ2) is 4.85. The summed E-state index contributed by atoms with van der Waals surface area (Å²) < 4.78 is 0. The van der Waals surface area contributed by atoms with Gasteiger partial charge in [-0.05, 0) is 19.8 Å². The lowest BCUT2D eigenvalue weighted by Gasteiger charge is -2.25. The topological polar surface area (TPSA) is 20.3 Å². The molecular formula is C9H18BrNO. The second-order valence-corrected chi connectivity index (χ2v) is 4.68. The first-order chi connectivity index (χ1) is 5.37. The van der Waals surface area contributed by atoms with E-state index in [9.17, 15) is 4.79 Å². The van der Waals surface area contributed by atoms with Crippen molar-refractivity contribution < 1.29 is 4.79 Å². The molecule has 1 atom stereocenters. The molecule has 0 saturated heterocycles. The number of rotatable bonds is 3. The molecule has 0 saturated carbocycles. The first kappa shape index (κ1) is 11.9. The third kappa shape index (κ3) is 3.13. The van der Waals surface area contributed by atoms with E-state index in [-0.39, 0.29) is 16.8 Å². The summed E-state index contributed by atoms with van der Waals surface area (Å²) in [6.07, 6.45) is 0. The van der Waals surface area contributed by atoms with Gasteiger partial charge in [0.25, 0.3) is 0 Å². The molecule has 0 heterocycles. The molecule has 0 fully saturated rings. The zero-order valence-corrected chi connectivity index (χ0v) is 10.1. The number of hydrogen-bond donors (Lipinski definition) is 0. The quantitative estimate of drug-likeness (QED) is 0.688. The summed E-state index contributed by atoms with van der Waals surface area (Å²) in [7, 11) is 1.84. The molecule has 0 aliphatic carbocycles. The van der Waals surface area contributed by atoms with Gasteiger partial charge in [0, 0.05) is 13.1 Å². The number of nitrogens with zero attached hydrogens (tertiary/aromatic N) is 1. The van der Waals surface area contributed by atoms with Crippen LogP contribution in [0.15, 0.2) is 0 Å². The lowest BCUT2D eigenvalue weighted by atomic mass is 10.1. The molecule has 0 aromatic heterocycles. The fourth-order valence-corrected chi connectivity index (χ4v) is 1.06. The predicted molar refractivity (Wildman–Crippen MR) is 55.5 cm³/mol.